The minimum Gasteiger partial charge on any atom is -0.309 e. The number of aromatic nitrogens is 2. The second-order valence-electron chi connectivity index (χ2n) is 4.74. The van der Waals surface area contributed by atoms with E-state index in [0.29, 0.717) is 6.04 Å². The maximum atomic E-state index is 4.57. The smallest absolute Gasteiger partial charge is 0.0787 e. The first-order chi connectivity index (χ1) is 8.56. The summed E-state index contributed by atoms with van der Waals surface area (Å²) in [5.74, 6) is 0. The highest BCUT2D eigenvalue weighted by atomic mass is 79.9. The maximum Gasteiger partial charge on any atom is 0.0787 e. The van der Waals surface area contributed by atoms with Crippen molar-refractivity contribution in [1.82, 2.24) is 15.1 Å². The van der Waals surface area contributed by atoms with Gasteiger partial charge < -0.3 is 5.32 Å². The number of hydrogen-bond donors (Lipinski definition) is 1. The molecule has 0 atom stereocenters. The van der Waals surface area contributed by atoms with Crippen LogP contribution in [0, 0.1) is 6.92 Å². The first-order valence-corrected chi connectivity index (χ1v) is 6.90. The number of halogens is 1. The van der Waals surface area contributed by atoms with Crippen molar-refractivity contribution in [2.75, 3.05) is 0 Å². The van der Waals surface area contributed by atoms with Crippen LogP contribution in [0.2, 0.25) is 0 Å². The van der Waals surface area contributed by atoms with Gasteiger partial charge in [-0.25, -0.2) is 4.68 Å². The lowest BCUT2D eigenvalue weighted by Gasteiger charge is -2.07. The van der Waals surface area contributed by atoms with Crippen LogP contribution < -0.4 is 5.32 Å². The molecule has 0 aliphatic rings. The largest absolute Gasteiger partial charge is 0.309 e. The van der Waals surface area contributed by atoms with Gasteiger partial charge in [0.25, 0.3) is 0 Å². The third-order valence-electron chi connectivity index (χ3n) is 2.69. The van der Waals surface area contributed by atoms with Crippen molar-refractivity contribution in [1.29, 1.82) is 0 Å². The molecule has 18 heavy (non-hydrogen) atoms. The van der Waals surface area contributed by atoms with Crippen LogP contribution in [0.4, 0.5) is 0 Å². The average Bonchev–Trinajstić information content (AvgIpc) is 2.75. The molecule has 1 aromatic carbocycles. The van der Waals surface area contributed by atoms with Crippen molar-refractivity contribution in [3.63, 3.8) is 0 Å². The molecule has 0 aliphatic heterocycles. The molecule has 1 N–H and O–H groups in total. The summed E-state index contributed by atoms with van der Waals surface area (Å²) in [6.45, 7) is 7.14. The van der Waals surface area contributed by atoms with Crippen LogP contribution in [-0.2, 0) is 6.54 Å². The minimum atomic E-state index is 0.473. The number of aryl methyl sites for hydroxylation is 1. The number of benzene rings is 1. The molecule has 1 aromatic heterocycles. The summed E-state index contributed by atoms with van der Waals surface area (Å²) < 4.78 is 2.97. The second-order valence-corrected chi connectivity index (χ2v) is 5.60. The van der Waals surface area contributed by atoms with Crippen molar-refractivity contribution >= 4 is 15.9 Å². The van der Waals surface area contributed by atoms with E-state index in [-0.39, 0.29) is 0 Å². The molecule has 4 heteroatoms. The Morgan fingerprint density at radius 3 is 2.78 bits per heavy atom. The van der Waals surface area contributed by atoms with E-state index in [1.54, 1.807) is 0 Å². The van der Waals surface area contributed by atoms with Gasteiger partial charge in [-0.05, 0) is 46.6 Å². The van der Waals surface area contributed by atoms with Crippen molar-refractivity contribution < 1.29 is 0 Å². The molecule has 3 nitrogen and oxygen atoms in total. The molecule has 2 aromatic rings. The van der Waals surface area contributed by atoms with Gasteiger partial charge in [0.1, 0.15) is 0 Å². The summed E-state index contributed by atoms with van der Waals surface area (Å²) >= 11 is 3.58. The van der Waals surface area contributed by atoms with Crippen LogP contribution in [0.25, 0.3) is 5.69 Å². The zero-order valence-corrected chi connectivity index (χ0v) is 12.5. The Hall–Kier alpha value is -1.13. The van der Waals surface area contributed by atoms with Crippen molar-refractivity contribution in [3.8, 4) is 5.69 Å². The number of hydrogen-bond acceptors (Lipinski definition) is 2. The second kappa shape index (κ2) is 5.67. The lowest BCUT2D eigenvalue weighted by Crippen LogP contribution is -2.22. The summed E-state index contributed by atoms with van der Waals surface area (Å²) in [6, 6.07) is 8.78. The molecule has 1 heterocycles. The van der Waals surface area contributed by atoms with Crippen LogP contribution in [-0.4, -0.2) is 15.8 Å². The Labute approximate surface area is 116 Å². The van der Waals surface area contributed by atoms with E-state index in [2.05, 4.69) is 65.3 Å². The zero-order chi connectivity index (χ0) is 13.1. The fourth-order valence-corrected chi connectivity index (χ4v) is 2.37. The Balaban J connectivity index is 2.18. The quantitative estimate of drug-likeness (QED) is 0.937. The van der Waals surface area contributed by atoms with E-state index >= 15 is 0 Å². The van der Waals surface area contributed by atoms with Crippen molar-refractivity contribution in [3.05, 3.63) is 46.2 Å². The van der Waals surface area contributed by atoms with Gasteiger partial charge in [-0.2, -0.15) is 5.10 Å². The topological polar surface area (TPSA) is 29.9 Å². The van der Waals surface area contributed by atoms with Crippen LogP contribution in [0.5, 0.6) is 0 Å². The molecular formula is C14H18BrN3. The van der Waals surface area contributed by atoms with Gasteiger partial charge in [-0.3, -0.25) is 0 Å². The first-order valence-electron chi connectivity index (χ1n) is 6.10. The molecule has 0 fully saturated rings. The predicted octanol–water partition coefficient (Wildman–Crippen LogP) is 3.44. The number of nitrogens with zero attached hydrogens (tertiary/aromatic N) is 2. The van der Waals surface area contributed by atoms with Gasteiger partial charge in [-0.15, -0.1) is 0 Å². The highest BCUT2D eigenvalue weighted by molar-refractivity contribution is 9.10. The van der Waals surface area contributed by atoms with Crippen LogP contribution in [0.1, 0.15) is 25.1 Å². The molecule has 2 rings (SSSR count). The van der Waals surface area contributed by atoms with Crippen molar-refractivity contribution in [2.24, 2.45) is 0 Å². The highest BCUT2D eigenvalue weighted by Crippen LogP contribution is 2.21. The molecule has 0 spiro atoms. The molecule has 0 bridgehead atoms. The third-order valence-corrected chi connectivity index (χ3v) is 3.32. The van der Waals surface area contributed by atoms with Gasteiger partial charge in [0.2, 0.25) is 0 Å². The Morgan fingerprint density at radius 2 is 2.11 bits per heavy atom. The SMILES string of the molecule is Cc1ccc(-n2ccc(CNC(C)C)n2)c(Br)c1. The lowest BCUT2D eigenvalue weighted by molar-refractivity contribution is 0.578. The Morgan fingerprint density at radius 1 is 1.33 bits per heavy atom. The monoisotopic (exact) mass is 307 g/mol. The Kier molecular flexibility index (Phi) is 4.19. The van der Waals surface area contributed by atoms with E-state index in [9.17, 15) is 0 Å². The van der Waals surface area contributed by atoms with E-state index < -0.39 is 0 Å². The summed E-state index contributed by atoms with van der Waals surface area (Å²) in [4.78, 5) is 0. The van der Waals surface area contributed by atoms with E-state index in [1.807, 2.05) is 16.9 Å². The lowest BCUT2D eigenvalue weighted by atomic mass is 10.2. The molecule has 0 radical (unpaired) electrons. The highest BCUT2D eigenvalue weighted by Gasteiger charge is 2.05. The predicted molar refractivity (Wildman–Crippen MR) is 78.0 cm³/mol. The Bertz CT molecular complexity index is 532. The summed E-state index contributed by atoms with van der Waals surface area (Å²) in [5, 5.41) is 7.93. The number of rotatable bonds is 4. The van der Waals surface area contributed by atoms with Crippen molar-refractivity contribution in [2.45, 2.75) is 33.4 Å². The van der Waals surface area contributed by atoms with Gasteiger partial charge >= 0.3 is 0 Å². The zero-order valence-electron chi connectivity index (χ0n) is 10.9. The minimum absolute atomic E-state index is 0.473. The molecule has 0 saturated heterocycles. The van der Waals surface area contributed by atoms with E-state index in [1.165, 1.54) is 5.56 Å². The van der Waals surface area contributed by atoms with Crippen LogP contribution >= 0.6 is 15.9 Å². The normalized spacial score (nSPS) is 11.2. The fourth-order valence-electron chi connectivity index (χ4n) is 1.70. The fraction of sp³-hybridized carbons (Fsp3) is 0.357. The summed E-state index contributed by atoms with van der Waals surface area (Å²) in [6.07, 6.45) is 1.99. The van der Waals surface area contributed by atoms with Gasteiger partial charge in [-0.1, -0.05) is 19.9 Å². The van der Waals surface area contributed by atoms with Gasteiger partial charge in [0.05, 0.1) is 11.4 Å². The molecule has 0 saturated carbocycles. The first kappa shape index (κ1) is 13.3. The van der Waals surface area contributed by atoms with Crippen LogP contribution in [0.15, 0.2) is 34.9 Å². The van der Waals surface area contributed by atoms with E-state index in [4.69, 9.17) is 0 Å². The third kappa shape index (κ3) is 3.21. The van der Waals surface area contributed by atoms with Gasteiger partial charge in [0, 0.05) is 23.3 Å². The molecule has 0 unspecified atom stereocenters. The summed E-state index contributed by atoms with van der Waals surface area (Å²) in [5.41, 5.74) is 3.35. The molecular weight excluding hydrogens is 290 g/mol. The molecule has 96 valence electrons. The standard InChI is InChI=1S/C14H18BrN3/c1-10(2)16-9-12-6-7-18(17-12)14-5-4-11(3)8-13(14)15/h4-8,10,16H,9H2,1-3H3. The van der Waals surface area contributed by atoms with E-state index in [0.717, 1.165) is 22.4 Å². The average molecular weight is 308 g/mol. The van der Waals surface area contributed by atoms with Gasteiger partial charge in [0.15, 0.2) is 0 Å². The van der Waals surface area contributed by atoms with Crippen LogP contribution in [0.3, 0.4) is 0 Å². The number of nitrogens with one attached hydrogen (secondary N) is 1. The molecule has 0 amide bonds. The molecule has 0 aliphatic carbocycles. The maximum absolute atomic E-state index is 4.57. The summed E-state index contributed by atoms with van der Waals surface area (Å²) in [7, 11) is 0.